The van der Waals surface area contributed by atoms with E-state index in [1.165, 1.54) is 12.8 Å². The minimum absolute atomic E-state index is 0. The van der Waals surface area contributed by atoms with Crippen molar-refractivity contribution in [2.24, 2.45) is 17.8 Å². The van der Waals surface area contributed by atoms with Crippen molar-refractivity contribution >= 4 is 18.3 Å². The van der Waals surface area contributed by atoms with Crippen LogP contribution in [0, 0.1) is 17.8 Å². The molecule has 2 fully saturated rings. The van der Waals surface area contributed by atoms with E-state index in [2.05, 4.69) is 24.1 Å². The Morgan fingerprint density at radius 1 is 1.41 bits per heavy atom. The molecule has 1 heterocycles. The smallest absolute Gasteiger partial charge is 0.225 e. The molecule has 1 saturated heterocycles. The maximum absolute atomic E-state index is 12.3. The largest absolute Gasteiger partial charge is 0.342 e. The molecule has 1 amide bonds. The molecule has 4 heteroatoms. The molecule has 0 spiro atoms. The lowest BCUT2D eigenvalue weighted by atomic mass is 9.88. The molecule has 0 bridgehead atoms. The third kappa shape index (κ3) is 3.85. The van der Waals surface area contributed by atoms with Crippen molar-refractivity contribution in [2.75, 3.05) is 26.2 Å². The van der Waals surface area contributed by atoms with Gasteiger partial charge in [0.1, 0.15) is 0 Å². The molecule has 1 N–H and O–H groups in total. The average Bonchev–Trinajstić information content (AvgIpc) is 2.97. The van der Waals surface area contributed by atoms with Crippen LogP contribution in [0.5, 0.6) is 0 Å². The van der Waals surface area contributed by atoms with Gasteiger partial charge >= 0.3 is 0 Å². The Morgan fingerprint density at radius 2 is 2.06 bits per heavy atom. The van der Waals surface area contributed by atoms with Crippen LogP contribution >= 0.6 is 12.4 Å². The van der Waals surface area contributed by atoms with E-state index in [1.54, 1.807) is 0 Å². The fourth-order valence-corrected chi connectivity index (χ4v) is 2.33. The zero-order valence-corrected chi connectivity index (χ0v) is 11.8. The summed E-state index contributed by atoms with van der Waals surface area (Å²) in [5.74, 6) is 1.99. The third-order valence-corrected chi connectivity index (χ3v) is 3.89. The normalized spacial score (nSPS) is 21.3. The van der Waals surface area contributed by atoms with Crippen LogP contribution in [-0.2, 0) is 4.79 Å². The highest BCUT2D eigenvalue weighted by atomic mass is 35.5. The summed E-state index contributed by atoms with van der Waals surface area (Å²) in [7, 11) is 0. The molecule has 2 aliphatic rings. The number of hydrogen-bond acceptors (Lipinski definition) is 2. The van der Waals surface area contributed by atoms with Gasteiger partial charge in [0, 0.05) is 19.0 Å². The van der Waals surface area contributed by atoms with Crippen LogP contribution in [0.3, 0.4) is 0 Å². The molecule has 0 radical (unpaired) electrons. The Hall–Kier alpha value is -0.280. The molecule has 1 atom stereocenters. The van der Waals surface area contributed by atoms with Crippen molar-refractivity contribution in [3.05, 3.63) is 0 Å². The van der Waals surface area contributed by atoms with Crippen LogP contribution in [0.2, 0.25) is 0 Å². The van der Waals surface area contributed by atoms with E-state index < -0.39 is 0 Å². The first kappa shape index (κ1) is 14.8. The van der Waals surface area contributed by atoms with Gasteiger partial charge in [-0.3, -0.25) is 4.79 Å². The van der Waals surface area contributed by atoms with Crippen LogP contribution in [-0.4, -0.2) is 37.0 Å². The van der Waals surface area contributed by atoms with E-state index in [-0.39, 0.29) is 18.3 Å². The van der Waals surface area contributed by atoms with Gasteiger partial charge in [0.2, 0.25) is 5.91 Å². The Kier molecular flexibility index (Phi) is 5.74. The third-order valence-electron chi connectivity index (χ3n) is 3.89. The number of carbonyl (C=O) groups excluding carboxylic acids is 1. The highest BCUT2D eigenvalue weighted by Gasteiger charge is 2.33. The van der Waals surface area contributed by atoms with Gasteiger partial charge in [-0.15, -0.1) is 12.4 Å². The van der Waals surface area contributed by atoms with E-state index in [9.17, 15) is 4.79 Å². The Bertz CT molecular complexity index is 252. The number of halogens is 1. The summed E-state index contributed by atoms with van der Waals surface area (Å²) in [5.41, 5.74) is 0. The van der Waals surface area contributed by atoms with Gasteiger partial charge in [-0.2, -0.15) is 0 Å². The zero-order valence-electron chi connectivity index (χ0n) is 10.9. The lowest BCUT2D eigenvalue weighted by molar-refractivity contribution is -0.137. The van der Waals surface area contributed by atoms with E-state index in [0.717, 1.165) is 38.5 Å². The fraction of sp³-hybridized carbons (Fsp3) is 0.923. The highest BCUT2D eigenvalue weighted by molar-refractivity contribution is 5.85. The molecule has 3 nitrogen and oxygen atoms in total. The first-order valence-corrected chi connectivity index (χ1v) is 6.72. The number of carbonyl (C=O) groups is 1. The van der Waals surface area contributed by atoms with Gasteiger partial charge < -0.3 is 10.2 Å². The molecule has 1 aliphatic heterocycles. The quantitative estimate of drug-likeness (QED) is 0.791. The SMILES string of the molecule is CCCN(CC1CC1)C(=O)C(C)C1CNC1.Cl. The summed E-state index contributed by atoms with van der Waals surface area (Å²) < 4.78 is 0. The lowest BCUT2D eigenvalue weighted by Crippen LogP contribution is -2.50. The maximum Gasteiger partial charge on any atom is 0.225 e. The summed E-state index contributed by atoms with van der Waals surface area (Å²) in [6.07, 6.45) is 3.73. The summed E-state index contributed by atoms with van der Waals surface area (Å²) in [4.78, 5) is 14.4. The topological polar surface area (TPSA) is 32.3 Å². The number of hydrogen-bond donors (Lipinski definition) is 1. The second kappa shape index (κ2) is 6.60. The average molecular weight is 261 g/mol. The molecule has 2 rings (SSSR count). The van der Waals surface area contributed by atoms with E-state index >= 15 is 0 Å². The lowest BCUT2D eigenvalue weighted by Gasteiger charge is -2.35. The maximum atomic E-state index is 12.3. The van der Waals surface area contributed by atoms with E-state index in [4.69, 9.17) is 0 Å². The van der Waals surface area contributed by atoms with Crippen molar-refractivity contribution < 1.29 is 4.79 Å². The summed E-state index contributed by atoms with van der Waals surface area (Å²) in [6.45, 7) is 8.26. The van der Waals surface area contributed by atoms with Crippen molar-refractivity contribution in [1.29, 1.82) is 0 Å². The number of amides is 1. The standard InChI is InChI=1S/C13H24N2O.ClH/c1-3-6-15(9-11-4-5-11)13(16)10(2)12-7-14-8-12;/h10-12,14H,3-9H2,1-2H3;1H. The Morgan fingerprint density at radius 3 is 2.47 bits per heavy atom. The van der Waals surface area contributed by atoms with E-state index in [1.807, 2.05) is 0 Å². The fourth-order valence-electron chi connectivity index (χ4n) is 2.33. The van der Waals surface area contributed by atoms with Crippen molar-refractivity contribution in [1.82, 2.24) is 10.2 Å². The molecule has 1 aliphatic carbocycles. The monoisotopic (exact) mass is 260 g/mol. The molecule has 0 aromatic rings. The number of rotatable bonds is 6. The molecule has 0 aromatic heterocycles. The first-order valence-electron chi connectivity index (χ1n) is 6.72. The zero-order chi connectivity index (χ0) is 11.5. The second-order valence-electron chi connectivity index (χ2n) is 5.43. The number of nitrogens with one attached hydrogen (secondary N) is 1. The highest BCUT2D eigenvalue weighted by Crippen LogP contribution is 2.30. The van der Waals surface area contributed by atoms with Crippen LogP contribution in [0.4, 0.5) is 0 Å². The van der Waals surface area contributed by atoms with Gasteiger partial charge in [0.15, 0.2) is 0 Å². The summed E-state index contributed by atoms with van der Waals surface area (Å²) in [6, 6.07) is 0. The van der Waals surface area contributed by atoms with Crippen LogP contribution in [0.1, 0.15) is 33.1 Å². The molecule has 100 valence electrons. The van der Waals surface area contributed by atoms with E-state index in [0.29, 0.717) is 11.8 Å². The molecule has 0 aromatic carbocycles. The van der Waals surface area contributed by atoms with Crippen LogP contribution in [0.15, 0.2) is 0 Å². The number of nitrogens with zero attached hydrogens (tertiary/aromatic N) is 1. The molecule has 1 saturated carbocycles. The predicted octanol–water partition coefficient (Wildman–Crippen LogP) is 1.91. The van der Waals surface area contributed by atoms with Crippen molar-refractivity contribution in [2.45, 2.75) is 33.1 Å². The second-order valence-corrected chi connectivity index (χ2v) is 5.43. The minimum Gasteiger partial charge on any atom is -0.342 e. The van der Waals surface area contributed by atoms with Gasteiger partial charge in [0.25, 0.3) is 0 Å². The first-order chi connectivity index (χ1) is 7.72. The molecular weight excluding hydrogens is 236 g/mol. The van der Waals surface area contributed by atoms with Crippen LogP contribution < -0.4 is 5.32 Å². The Balaban J connectivity index is 0.00000144. The summed E-state index contributed by atoms with van der Waals surface area (Å²) in [5, 5.41) is 3.25. The van der Waals surface area contributed by atoms with Gasteiger partial charge in [0.05, 0.1) is 0 Å². The minimum atomic E-state index is 0. The Labute approximate surface area is 111 Å². The van der Waals surface area contributed by atoms with Crippen molar-refractivity contribution in [3.63, 3.8) is 0 Å². The summed E-state index contributed by atoms with van der Waals surface area (Å²) >= 11 is 0. The van der Waals surface area contributed by atoms with Gasteiger partial charge in [-0.05, 0) is 44.2 Å². The van der Waals surface area contributed by atoms with Crippen LogP contribution in [0.25, 0.3) is 0 Å². The van der Waals surface area contributed by atoms with Gasteiger partial charge in [-0.1, -0.05) is 13.8 Å². The predicted molar refractivity (Wildman–Crippen MR) is 72.4 cm³/mol. The molecular formula is C13H25ClN2O. The van der Waals surface area contributed by atoms with Gasteiger partial charge in [-0.25, -0.2) is 0 Å². The molecule has 1 unspecified atom stereocenters. The molecule has 17 heavy (non-hydrogen) atoms. The van der Waals surface area contributed by atoms with Crippen molar-refractivity contribution in [3.8, 4) is 0 Å².